The van der Waals surface area contributed by atoms with Crippen molar-refractivity contribution in [3.8, 4) is 0 Å². The van der Waals surface area contributed by atoms with Gasteiger partial charge in [-0.05, 0) is 64.2 Å². The smallest absolute Gasteiger partial charge is 0.229 e. The second kappa shape index (κ2) is 9.14. The van der Waals surface area contributed by atoms with Crippen LogP contribution in [0.25, 0.3) is 0 Å². The molecule has 6 heteroatoms. The van der Waals surface area contributed by atoms with Gasteiger partial charge in [-0.3, -0.25) is 4.57 Å². The predicted octanol–water partition coefficient (Wildman–Crippen LogP) is 4.93. The molecule has 1 unspecified atom stereocenters. The highest BCUT2D eigenvalue weighted by atomic mass is 32.2. The average molecular weight is 400 g/mol. The SMILES string of the molecule is CCOP(C)(=O)c1ccc([C@H](N[S@](=O)C(C)(C)C)C2CCCCC2)cc1. The van der Waals surface area contributed by atoms with Crippen LogP contribution in [0.3, 0.4) is 0 Å². The molecule has 2 rings (SSSR count). The van der Waals surface area contributed by atoms with E-state index in [4.69, 9.17) is 4.52 Å². The molecule has 0 bridgehead atoms. The van der Waals surface area contributed by atoms with Gasteiger partial charge in [-0.15, -0.1) is 0 Å². The first-order valence-electron chi connectivity index (χ1n) is 9.66. The van der Waals surface area contributed by atoms with Gasteiger partial charge in [0.05, 0.1) is 22.3 Å². The summed E-state index contributed by atoms with van der Waals surface area (Å²) in [6, 6.07) is 7.92. The van der Waals surface area contributed by atoms with Gasteiger partial charge in [-0.25, -0.2) is 8.93 Å². The highest BCUT2D eigenvalue weighted by molar-refractivity contribution is 7.84. The summed E-state index contributed by atoms with van der Waals surface area (Å²) in [7, 11) is -3.89. The van der Waals surface area contributed by atoms with E-state index in [2.05, 4.69) is 4.72 Å². The van der Waals surface area contributed by atoms with E-state index in [1.165, 1.54) is 19.3 Å². The lowest BCUT2D eigenvalue weighted by Gasteiger charge is -2.33. The third kappa shape index (κ3) is 5.76. The zero-order chi connectivity index (χ0) is 19.4. The van der Waals surface area contributed by atoms with Gasteiger partial charge in [-0.1, -0.05) is 31.4 Å². The molecular weight excluding hydrogens is 365 g/mol. The van der Waals surface area contributed by atoms with Crippen LogP contribution in [-0.2, 0) is 20.1 Å². The van der Waals surface area contributed by atoms with Crippen molar-refractivity contribution in [2.45, 2.75) is 70.6 Å². The second-order valence-electron chi connectivity index (χ2n) is 8.23. The fraction of sp³-hybridized carbons (Fsp3) is 0.700. The molecule has 1 N–H and O–H groups in total. The van der Waals surface area contributed by atoms with E-state index in [0.717, 1.165) is 23.7 Å². The quantitative estimate of drug-likeness (QED) is 0.662. The maximum Gasteiger partial charge on any atom is 0.229 e. The summed E-state index contributed by atoms with van der Waals surface area (Å²) in [4.78, 5) is 0. The van der Waals surface area contributed by atoms with Gasteiger partial charge in [-0.2, -0.15) is 0 Å². The largest absolute Gasteiger partial charge is 0.326 e. The van der Waals surface area contributed by atoms with E-state index in [-0.39, 0.29) is 10.8 Å². The van der Waals surface area contributed by atoms with Gasteiger partial charge in [0.25, 0.3) is 0 Å². The molecule has 3 atom stereocenters. The molecule has 1 aromatic carbocycles. The Kier molecular flexibility index (Phi) is 7.67. The number of hydrogen-bond acceptors (Lipinski definition) is 3. The Morgan fingerprint density at radius 1 is 1.19 bits per heavy atom. The highest BCUT2D eigenvalue weighted by Gasteiger charge is 2.30. The summed E-state index contributed by atoms with van der Waals surface area (Å²) in [6.07, 6.45) is 6.07. The van der Waals surface area contributed by atoms with Gasteiger partial charge in [0.15, 0.2) is 0 Å². The van der Waals surface area contributed by atoms with Crippen LogP contribution >= 0.6 is 7.37 Å². The molecule has 1 aliphatic carbocycles. The van der Waals surface area contributed by atoms with Gasteiger partial charge in [0.1, 0.15) is 0 Å². The Bertz CT molecular complexity index is 648. The molecule has 0 aromatic heterocycles. The van der Waals surface area contributed by atoms with Crippen LogP contribution in [-0.4, -0.2) is 22.2 Å². The van der Waals surface area contributed by atoms with E-state index in [1.54, 1.807) is 6.66 Å². The number of hydrogen-bond donors (Lipinski definition) is 1. The van der Waals surface area contributed by atoms with Crippen molar-refractivity contribution in [1.29, 1.82) is 0 Å². The maximum absolute atomic E-state index is 12.7. The molecule has 26 heavy (non-hydrogen) atoms. The Balaban J connectivity index is 2.26. The van der Waals surface area contributed by atoms with Crippen LogP contribution in [0, 0.1) is 5.92 Å². The lowest BCUT2D eigenvalue weighted by Crippen LogP contribution is -2.39. The van der Waals surface area contributed by atoms with Crippen molar-refractivity contribution in [3.05, 3.63) is 29.8 Å². The molecule has 0 aliphatic heterocycles. The first-order valence-corrected chi connectivity index (χ1v) is 12.9. The molecule has 0 amide bonds. The molecule has 0 radical (unpaired) electrons. The van der Waals surface area contributed by atoms with Crippen molar-refractivity contribution < 1.29 is 13.3 Å². The van der Waals surface area contributed by atoms with Crippen molar-refractivity contribution >= 4 is 23.7 Å². The standard InChI is InChI=1S/C20H34NO3PS/c1-6-24-25(5,22)18-14-12-17(13-15-18)19(16-10-8-7-9-11-16)21-26(23)20(2,3)4/h12-16,19,21H,6-11H2,1-5H3/t19-,25?,26-/m1/s1. The summed E-state index contributed by atoms with van der Waals surface area (Å²) in [5.74, 6) is 0.487. The van der Waals surface area contributed by atoms with Crippen LogP contribution in [0.5, 0.6) is 0 Å². The Morgan fingerprint density at radius 3 is 2.27 bits per heavy atom. The van der Waals surface area contributed by atoms with Gasteiger partial charge < -0.3 is 4.52 Å². The minimum atomic E-state index is -2.76. The average Bonchev–Trinajstić information content (AvgIpc) is 2.59. The predicted molar refractivity (Wildman–Crippen MR) is 112 cm³/mol. The topological polar surface area (TPSA) is 55.4 Å². The second-order valence-corrected chi connectivity index (χ2v) is 12.7. The Morgan fingerprint density at radius 2 is 1.77 bits per heavy atom. The zero-order valence-corrected chi connectivity index (χ0v) is 18.5. The Labute approximate surface area is 161 Å². The fourth-order valence-corrected chi connectivity index (χ4v) is 5.71. The van der Waals surface area contributed by atoms with Crippen LogP contribution in [0.1, 0.15) is 71.4 Å². The maximum atomic E-state index is 12.7. The van der Waals surface area contributed by atoms with Crippen LogP contribution < -0.4 is 10.0 Å². The number of benzene rings is 1. The van der Waals surface area contributed by atoms with E-state index in [9.17, 15) is 8.77 Å². The number of nitrogens with one attached hydrogen (secondary N) is 1. The Hall–Kier alpha value is -0.480. The summed E-state index contributed by atoms with van der Waals surface area (Å²) >= 11 is 0. The number of rotatable bonds is 7. The first kappa shape index (κ1) is 21.8. The molecule has 0 saturated heterocycles. The molecule has 1 saturated carbocycles. The molecule has 1 aliphatic rings. The van der Waals surface area contributed by atoms with Crippen molar-refractivity contribution in [2.75, 3.05) is 13.3 Å². The minimum Gasteiger partial charge on any atom is -0.326 e. The van der Waals surface area contributed by atoms with Crippen molar-refractivity contribution in [1.82, 2.24) is 4.72 Å². The summed E-state index contributed by atoms with van der Waals surface area (Å²) < 4.78 is 33.9. The molecule has 1 aromatic rings. The van der Waals surface area contributed by atoms with Gasteiger partial charge in [0.2, 0.25) is 7.37 Å². The molecule has 1 fully saturated rings. The monoisotopic (exact) mass is 399 g/mol. The molecule has 0 heterocycles. The highest BCUT2D eigenvalue weighted by Crippen LogP contribution is 2.42. The summed E-state index contributed by atoms with van der Waals surface area (Å²) in [5, 5.41) is 0.738. The molecule has 148 valence electrons. The van der Waals surface area contributed by atoms with E-state index in [1.807, 2.05) is 52.0 Å². The first-order chi connectivity index (χ1) is 12.1. The van der Waals surface area contributed by atoms with Gasteiger partial charge >= 0.3 is 0 Å². The third-order valence-electron chi connectivity index (χ3n) is 5.01. The zero-order valence-electron chi connectivity index (χ0n) is 16.8. The summed E-state index contributed by atoms with van der Waals surface area (Å²) in [5.41, 5.74) is 1.12. The van der Waals surface area contributed by atoms with Crippen LogP contribution in [0.2, 0.25) is 0 Å². The lowest BCUT2D eigenvalue weighted by atomic mass is 9.81. The third-order valence-corrected chi connectivity index (χ3v) is 8.58. The summed E-state index contributed by atoms with van der Waals surface area (Å²) in [6.45, 7) is 9.93. The normalized spacial score (nSPS) is 21.1. The molecule has 4 nitrogen and oxygen atoms in total. The van der Waals surface area contributed by atoms with Crippen LogP contribution in [0.15, 0.2) is 24.3 Å². The molecular formula is C20H34NO3PS. The fourth-order valence-electron chi connectivity index (χ4n) is 3.47. The van der Waals surface area contributed by atoms with Crippen LogP contribution in [0.4, 0.5) is 0 Å². The molecule has 0 spiro atoms. The lowest BCUT2D eigenvalue weighted by molar-refractivity contribution is 0.295. The van der Waals surface area contributed by atoms with E-state index < -0.39 is 18.4 Å². The van der Waals surface area contributed by atoms with Gasteiger partial charge in [0, 0.05) is 18.0 Å². The minimum absolute atomic E-state index is 0.0627. The van der Waals surface area contributed by atoms with Crippen molar-refractivity contribution in [2.24, 2.45) is 5.92 Å². The van der Waals surface area contributed by atoms with E-state index in [0.29, 0.717) is 12.5 Å². The van der Waals surface area contributed by atoms with E-state index >= 15 is 0 Å². The van der Waals surface area contributed by atoms with Crippen molar-refractivity contribution in [3.63, 3.8) is 0 Å².